The smallest absolute Gasteiger partial charge is 0.184 e. The van der Waals surface area contributed by atoms with Crippen molar-refractivity contribution in [3.8, 4) is 0 Å². The summed E-state index contributed by atoms with van der Waals surface area (Å²) >= 11 is 7.59. The van der Waals surface area contributed by atoms with E-state index in [1.165, 1.54) is 5.56 Å². The maximum atomic E-state index is 5.95. The third-order valence-corrected chi connectivity index (χ3v) is 3.87. The zero-order valence-corrected chi connectivity index (χ0v) is 11.1. The van der Waals surface area contributed by atoms with Gasteiger partial charge in [0, 0.05) is 11.6 Å². The molecule has 0 unspecified atom stereocenters. The molecule has 1 N–H and O–H groups in total. The number of halogens is 1. The molecule has 0 aliphatic carbocycles. The van der Waals surface area contributed by atoms with Crippen LogP contribution in [0.5, 0.6) is 0 Å². The molecule has 0 saturated heterocycles. The van der Waals surface area contributed by atoms with Gasteiger partial charge < -0.3 is 5.32 Å². The molecule has 0 amide bonds. The number of rotatable bonds is 3. The first-order valence-electron chi connectivity index (χ1n) is 5.65. The maximum Gasteiger partial charge on any atom is 0.184 e. The van der Waals surface area contributed by atoms with Crippen LogP contribution in [0.25, 0.3) is 10.2 Å². The van der Waals surface area contributed by atoms with Gasteiger partial charge in [-0.3, -0.25) is 0 Å². The zero-order chi connectivity index (χ0) is 12.4. The predicted octanol–water partition coefficient (Wildman–Crippen LogP) is 4.56. The Hall–Kier alpha value is -1.58. The predicted molar refractivity (Wildman–Crippen MR) is 78.4 cm³/mol. The van der Waals surface area contributed by atoms with Crippen LogP contribution in [0.3, 0.4) is 0 Å². The quantitative estimate of drug-likeness (QED) is 0.757. The Morgan fingerprint density at radius 2 is 1.94 bits per heavy atom. The molecular formula is C14H11ClN2S. The van der Waals surface area contributed by atoms with Crippen LogP contribution in [-0.4, -0.2) is 4.98 Å². The van der Waals surface area contributed by atoms with Crippen LogP contribution in [-0.2, 0) is 6.54 Å². The van der Waals surface area contributed by atoms with Crippen molar-refractivity contribution >= 4 is 38.3 Å². The molecular weight excluding hydrogens is 264 g/mol. The second-order valence-electron chi connectivity index (χ2n) is 3.97. The van der Waals surface area contributed by atoms with Crippen LogP contribution in [0.15, 0.2) is 48.5 Å². The van der Waals surface area contributed by atoms with E-state index in [0.29, 0.717) is 0 Å². The minimum absolute atomic E-state index is 0.724. The van der Waals surface area contributed by atoms with Gasteiger partial charge in [-0.05, 0) is 23.8 Å². The fraction of sp³-hybridized carbons (Fsp3) is 0.0714. The Labute approximate surface area is 114 Å². The van der Waals surface area contributed by atoms with Crippen molar-refractivity contribution in [2.75, 3.05) is 5.32 Å². The molecule has 0 aliphatic rings. The highest BCUT2D eigenvalue weighted by Gasteiger charge is 2.03. The van der Waals surface area contributed by atoms with E-state index in [1.807, 2.05) is 36.4 Å². The summed E-state index contributed by atoms with van der Waals surface area (Å²) in [5.74, 6) is 0. The molecule has 1 aromatic heterocycles. The van der Waals surface area contributed by atoms with Crippen molar-refractivity contribution < 1.29 is 0 Å². The SMILES string of the molecule is Clc1ccc2sc(NCc3ccccc3)nc2c1. The highest BCUT2D eigenvalue weighted by atomic mass is 35.5. The van der Waals surface area contributed by atoms with Crippen molar-refractivity contribution in [1.29, 1.82) is 0 Å². The topological polar surface area (TPSA) is 24.9 Å². The molecule has 90 valence electrons. The molecule has 3 aromatic rings. The van der Waals surface area contributed by atoms with Crippen molar-refractivity contribution in [3.05, 3.63) is 59.1 Å². The first-order valence-corrected chi connectivity index (χ1v) is 6.84. The monoisotopic (exact) mass is 274 g/mol. The number of hydrogen-bond donors (Lipinski definition) is 1. The lowest BCUT2D eigenvalue weighted by molar-refractivity contribution is 1.14. The largest absolute Gasteiger partial charge is 0.357 e. The van der Waals surface area contributed by atoms with E-state index in [-0.39, 0.29) is 0 Å². The first kappa shape index (κ1) is 11.5. The van der Waals surface area contributed by atoms with Crippen LogP contribution in [0.4, 0.5) is 5.13 Å². The number of aromatic nitrogens is 1. The minimum Gasteiger partial charge on any atom is -0.357 e. The number of nitrogens with zero attached hydrogens (tertiary/aromatic N) is 1. The van der Waals surface area contributed by atoms with Gasteiger partial charge in [0.15, 0.2) is 5.13 Å². The van der Waals surface area contributed by atoms with Crippen LogP contribution < -0.4 is 5.32 Å². The van der Waals surface area contributed by atoms with Crippen LogP contribution in [0.2, 0.25) is 5.02 Å². The van der Waals surface area contributed by atoms with E-state index in [1.54, 1.807) is 11.3 Å². The van der Waals surface area contributed by atoms with E-state index in [4.69, 9.17) is 11.6 Å². The lowest BCUT2D eigenvalue weighted by Gasteiger charge is -2.01. The molecule has 2 nitrogen and oxygen atoms in total. The summed E-state index contributed by atoms with van der Waals surface area (Å²) in [5.41, 5.74) is 2.19. The van der Waals surface area contributed by atoms with E-state index in [0.717, 1.165) is 26.9 Å². The molecule has 18 heavy (non-hydrogen) atoms. The molecule has 4 heteroatoms. The first-order chi connectivity index (χ1) is 8.81. The molecule has 0 fully saturated rings. The van der Waals surface area contributed by atoms with Gasteiger partial charge in [-0.1, -0.05) is 53.3 Å². The Balaban J connectivity index is 1.79. The van der Waals surface area contributed by atoms with Gasteiger partial charge in [0.1, 0.15) is 0 Å². The van der Waals surface area contributed by atoms with Crippen LogP contribution in [0, 0.1) is 0 Å². The molecule has 0 saturated carbocycles. The summed E-state index contributed by atoms with van der Waals surface area (Å²) in [6.45, 7) is 0.786. The Bertz CT molecular complexity index is 664. The van der Waals surface area contributed by atoms with Crippen molar-refractivity contribution in [2.45, 2.75) is 6.54 Å². The molecule has 0 bridgehead atoms. The molecule has 1 heterocycles. The summed E-state index contributed by atoms with van der Waals surface area (Å²) in [6.07, 6.45) is 0. The summed E-state index contributed by atoms with van der Waals surface area (Å²) in [7, 11) is 0. The Kier molecular flexibility index (Phi) is 3.17. The number of nitrogens with one attached hydrogen (secondary N) is 1. The van der Waals surface area contributed by atoms with Gasteiger partial charge in [-0.25, -0.2) is 4.98 Å². The average Bonchev–Trinajstić information content (AvgIpc) is 2.79. The second kappa shape index (κ2) is 4.96. The summed E-state index contributed by atoms with van der Waals surface area (Å²) in [4.78, 5) is 4.51. The third-order valence-electron chi connectivity index (χ3n) is 2.64. The summed E-state index contributed by atoms with van der Waals surface area (Å²) in [6, 6.07) is 16.1. The number of fused-ring (bicyclic) bond motifs is 1. The van der Waals surface area contributed by atoms with Crippen molar-refractivity contribution in [1.82, 2.24) is 4.98 Å². The second-order valence-corrected chi connectivity index (χ2v) is 5.44. The molecule has 3 rings (SSSR count). The highest BCUT2D eigenvalue weighted by molar-refractivity contribution is 7.22. The fourth-order valence-corrected chi connectivity index (χ4v) is 2.76. The molecule has 0 aliphatic heterocycles. The van der Waals surface area contributed by atoms with E-state index >= 15 is 0 Å². The lowest BCUT2D eigenvalue weighted by atomic mass is 10.2. The molecule has 0 radical (unpaired) electrons. The number of anilines is 1. The molecule has 2 aromatic carbocycles. The zero-order valence-electron chi connectivity index (χ0n) is 9.56. The van der Waals surface area contributed by atoms with Crippen LogP contribution >= 0.6 is 22.9 Å². The van der Waals surface area contributed by atoms with Crippen molar-refractivity contribution in [3.63, 3.8) is 0 Å². The van der Waals surface area contributed by atoms with Gasteiger partial charge in [0.05, 0.1) is 10.2 Å². The summed E-state index contributed by atoms with van der Waals surface area (Å²) < 4.78 is 1.15. The average molecular weight is 275 g/mol. The number of benzene rings is 2. The van der Waals surface area contributed by atoms with Gasteiger partial charge in [-0.15, -0.1) is 0 Å². The molecule has 0 atom stereocenters. The van der Waals surface area contributed by atoms with E-state index in [2.05, 4.69) is 22.4 Å². The number of thiazole rings is 1. The standard InChI is InChI=1S/C14H11ClN2S/c15-11-6-7-13-12(8-11)17-14(18-13)16-9-10-4-2-1-3-5-10/h1-8H,9H2,(H,16,17). The third kappa shape index (κ3) is 2.47. The molecule has 0 spiro atoms. The normalized spacial score (nSPS) is 10.7. The van der Waals surface area contributed by atoms with Crippen molar-refractivity contribution in [2.24, 2.45) is 0 Å². The van der Waals surface area contributed by atoms with Gasteiger partial charge in [0.25, 0.3) is 0 Å². The highest BCUT2D eigenvalue weighted by Crippen LogP contribution is 2.28. The van der Waals surface area contributed by atoms with Gasteiger partial charge in [0.2, 0.25) is 0 Å². The Morgan fingerprint density at radius 1 is 1.11 bits per heavy atom. The maximum absolute atomic E-state index is 5.95. The van der Waals surface area contributed by atoms with Gasteiger partial charge >= 0.3 is 0 Å². The van der Waals surface area contributed by atoms with Crippen LogP contribution in [0.1, 0.15) is 5.56 Å². The fourth-order valence-electron chi connectivity index (χ4n) is 1.75. The minimum atomic E-state index is 0.724. The Morgan fingerprint density at radius 3 is 2.78 bits per heavy atom. The van der Waals surface area contributed by atoms with E-state index in [9.17, 15) is 0 Å². The van der Waals surface area contributed by atoms with Gasteiger partial charge in [-0.2, -0.15) is 0 Å². The number of hydrogen-bond acceptors (Lipinski definition) is 3. The summed E-state index contributed by atoms with van der Waals surface area (Å²) in [5, 5.41) is 4.99. The lowest BCUT2D eigenvalue weighted by Crippen LogP contribution is -1.97. The van der Waals surface area contributed by atoms with E-state index < -0.39 is 0 Å².